The van der Waals surface area contributed by atoms with Crippen molar-refractivity contribution in [1.29, 1.82) is 0 Å². The summed E-state index contributed by atoms with van der Waals surface area (Å²) in [5.41, 5.74) is 0. The zero-order chi connectivity index (χ0) is 14.3. The second-order valence-corrected chi connectivity index (χ2v) is 4.47. The molecule has 0 bridgehead atoms. The van der Waals surface area contributed by atoms with Gasteiger partial charge in [-0.25, -0.2) is 9.59 Å². The van der Waals surface area contributed by atoms with Crippen LogP contribution in [0.3, 0.4) is 0 Å². The molecule has 2 unspecified atom stereocenters. The molecule has 1 aliphatic heterocycles. The molecule has 2 amide bonds. The van der Waals surface area contributed by atoms with Gasteiger partial charge in [-0.3, -0.25) is 0 Å². The molecule has 0 radical (unpaired) electrons. The molecule has 19 heavy (non-hydrogen) atoms. The molecule has 2 atom stereocenters. The molecule has 1 aliphatic rings. The van der Waals surface area contributed by atoms with E-state index in [-0.39, 0.29) is 25.2 Å². The Morgan fingerprint density at radius 2 is 2.32 bits per heavy atom. The minimum absolute atomic E-state index is 0.0294. The summed E-state index contributed by atoms with van der Waals surface area (Å²) in [6.45, 7) is 3.75. The number of urea groups is 1. The van der Waals surface area contributed by atoms with Crippen LogP contribution in [0.5, 0.6) is 0 Å². The first-order valence-electron chi connectivity index (χ1n) is 6.47. The molecule has 0 spiro atoms. The lowest BCUT2D eigenvalue weighted by Crippen LogP contribution is -2.53. The van der Waals surface area contributed by atoms with Crippen LogP contribution < -0.4 is 5.32 Å². The summed E-state index contributed by atoms with van der Waals surface area (Å²) in [7, 11) is 1.49. The smallest absolute Gasteiger partial charge is 0.326 e. The highest BCUT2D eigenvalue weighted by atomic mass is 16.5. The number of rotatable bonds is 6. The van der Waals surface area contributed by atoms with Gasteiger partial charge in [-0.1, -0.05) is 6.92 Å². The van der Waals surface area contributed by atoms with Crippen molar-refractivity contribution in [1.82, 2.24) is 10.2 Å². The van der Waals surface area contributed by atoms with Crippen molar-refractivity contribution < 1.29 is 24.2 Å². The van der Waals surface area contributed by atoms with Crippen LogP contribution in [-0.4, -0.2) is 67.6 Å². The number of hydrogen-bond acceptors (Lipinski definition) is 4. The lowest BCUT2D eigenvalue weighted by molar-refractivity contribution is -0.139. The van der Waals surface area contributed by atoms with E-state index in [1.165, 1.54) is 7.11 Å². The summed E-state index contributed by atoms with van der Waals surface area (Å²) in [5.74, 6) is -1.05. The van der Waals surface area contributed by atoms with Crippen LogP contribution in [0, 0.1) is 0 Å². The molecule has 7 heteroatoms. The van der Waals surface area contributed by atoms with Crippen LogP contribution in [0.1, 0.15) is 19.8 Å². The maximum atomic E-state index is 12.0. The van der Waals surface area contributed by atoms with Gasteiger partial charge in [0.2, 0.25) is 0 Å². The summed E-state index contributed by atoms with van der Waals surface area (Å²) in [4.78, 5) is 24.6. The van der Waals surface area contributed by atoms with Gasteiger partial charge in [0.05, 0.1) is 12.7 Å². The van der Waals surface area contributed by atoms with E-state index in [1.54, 1.807) is 4.90 Å². The van der Waals surface area contributed by atoms with Gasteiger partial charge in [0.1, 0.15) is 6.04 Å². The molecule has 1 fully saturated rings. The van der Waals surface area contributed by atoms with E-state index in [2.05, 4.69) is 5.32 Å². The fourth-order valence-corrected chi connectivity index (χ4v) is 1.88. The molecule has 0 aliphatic carbocycles. The molecule has 0 saturated carbocycles. The van der Waals surface area contributed by atoms with Gasteiger partial charge in [0, 0.05) is 33.2 Å². The first-order chi connectivity index (χ1) is 9.08. The summed E-state index contributed by atoms with van der Waals surface area (Å²) in [6, 6.07) is -1.28. The van der Waals surface area contributed by atoms with Crippen molar-refractivity contribution in [3.63, 3.8) is 0 Å². The van der Waals surface area contributed by atoms with E-state index >= 15 is 0 Å². The summed E-state index contributed by atoms with van der Waals surface area (Å²) < 4.78 is 10.3. The molecule has 110 valence electrons. The van der Waals surface area contributed by atoms with Crippen LogP contribution in [0.25, 0.3) is 0 Å². The molecule has 7 nitrogen and oxygen atoms in total. The number of nitrogens with one attached hydrogen (secondary N) is 1. The largest absolute Gasteiger partial charge is 0.480 e. The molecule has 1 saturated heterocycles. The van der Waals surface area contributed by atoms with Gasteiger partial charge in [-0.05, 0) is 6.42 Å². The number of carbonyl (C=O) groups excluding carboxylic acids is 1. The van der Waals surface area contributed by atoms with E-state index in [9.17, 15) is 9.59 Å². The van der Waals surface area contributed by atoms with Gasteiger partial charge in [0.25, 0.3) is 0 Å². The van der Waals surface area contributed by atoms with E-state index in [1.807, 2.05) is 6.92 Å². The molecule has 0 aromatic heterocycles. The molecular formula is C12H22N2O5. The Balaban J connectivity index is 2.48. The number of morpholine rings is 1. The van der Waals surface area contributed by atoms with Crippen molar-refractivity contribution in [2.45, 2.75) is 31.9 Å². The van der Waals surface area contributed by atoms with Crippen molar-refractivity contribution in [3.8, 4) is 0 Å². The Hall–Kier alpha value is -1.34. The Morgan fingerprint density at radius 1 is 1.58 bits per heavy atom. The van der Waals surface area contributed by atoms with Gasteiger partial charge < -0.3 is 24.8 Å². The Morgan fingerprint density at radius 3 is 2.89 bits per heavy atom. The van der Waals surface area contributed by atoms with E-state index in [4.69, 9.17) is 14.6 Å². The number of amides is 2. The molecule has 1 rings (SSSR count). The van der Waals surface area contributed by atoms with E-state index < -0.39 is 12.0 Å². The van der Waals surface area contributed by atoms with Crippen LogP contribution in [-0.2, 0) is 14.3 Å². The maximum absolute atomic E-state index is 12.0. The number of carboxylic acid groups (broad SMARTS) is 1. The average Bonchev–Trinajstić information content (AvgIpc) is 2.42. The van der Waals surface area contributed by atoms with Crippen molar-refractivity contribution in [2.75, 3.05) is 33.4 Å². The highest BCUT2D eigenvalue weighted by Crippen LogP contribution is 2.08. The second kappa shape index (κ2) is 7.96. The molecule has 2 N–H and O–H groups in total. The normalized spacial score (nSPS) is 20.9. The number of nitrogens with zero attached hydrogens (tertiary/aromatic N) is 1. The average molecular weight is 274 g/mol. The fourth-order valence-electron chi connectivity index (χ4n) is 1.88. The quantitative estimate of drug-likeness (QED) is 0.727. The molecule has 1 heterocycles. The summed E-state index contributed by atoms with van der Waals surface area (Å²) in [5, 5.41) is 11.5. The Kier molecular flexibility index (Phi) is 6.58. The number of hydrogen-bond donors (Lipinski definition) is 2. The van der Waals surface area contributed by atoms with Gasteiger partial charge in [0.15, 0.2) is 0 Å². The van der Waals surface area contributed by atoms with E-state index in [0.717, 1.165) is 6.42 Å². The number of ether oxygens (including phenoxy) is 2. The highest BCUT2D eigenvalue weighted by Gasteiger charge is 2.26. The van der Waals surface area contributed by atoms with Crippen LogP contribution in [0.4, 0.5) is 4.79 Å². The van der Waals surface area contributed by atoms with E-state index in [0.29, 0.717) is 19.7 Å². The number of carbonyl (C=O) groups is 2. The standard InChI is InChI=1S/C12H22N2O5/c1-3-9-8-14(5-7-19-9)12(17)13-10(11(15)16)4-6-18-2/h9-10H,3-8H2,1-2H3,(H,13,17)(H,15,16). The molecule has 0 aromatic rings. The lowest BCUT2D eigenvalue weighted by Gasteiger charge is -2.33. The second-order valence-electron chi connectivity index (χ2n) is 4.47. The molecular weight excluding hydrogens is 252 g/mol. The third-order valence-electron chi connectivity index (χ3n) is 3.09. The number of carboxylic acids is 1. The minimum atomic E-state index is -1.05. The third-order valence-corrected chi connectivity index (χ3v) is 3.09. The van der Waals surface area contributed by atoms with Crippen LogP contribution in [0.2, 0.25) is 0 Å². The van der Waals surface area contributed by atoms with Gasteiger partial charge in [-0.15, -0.1) is 0 Å². The van der Waals surface area contributed by atoms with Crippen molar-refractivity contribution in [2.24, 2.45) is 0 Å². The minimum Gasteiger partial charge on any atom is -0.480 e. The number of aliphatic carboxylic acids is 1. The predicted molar refractivity (Wildman–Crippen MR) is 68.1 cm³/mol. The predicted octanol–water partition coefficient (Wildman–Crippen LogP) is 0.297. The SMILES string of the molecule is CCC1CN(C(=O)NC(CCOC)C(=O)O)CCO1. The van der Waals surface area contributed by atoms with Crippen LogP contribution in [0.15, 0.2) is 0 Å². The molecule has 0 aromatic carbocycles. The zero-order valence-electron chi connectivity index (χ0n) is 11.4. The Labute approximate surface area is 112 Å². The van der Waals surface area contributed by atoms with Crippen LogP contribution >= 0.6 is 0 Å². The van der Waals surface area contributed by atoms with Gasteiger partial charge >= 0.3 is 12.0 Å². The first-order valence-corrected chi connectivity index (χ1v) is 6.47. The lowest BCUT2D eigenvalue weighted by atomic mass is 10.2. The van der Waals surface area contributed by atoms with Crippen molar-refractivity contribution in [3.05, 3.63) is 0 Å². The number of methoxy groups -OCH3 is 1. The fraction of sp³-hybridized carbons (Fsp3) is 0.833. The van der Waals surface area contributed by atoms with Crippen molar-refractivity contribution >= 4 is 12.0 Å². The van der Waals surface area contributed by atoms with Gasteiger partial charge in [-0.2, -0.15) is 0 Å². The summed E-state index contributed by atoms with van der Waals surface area (Å²) >= 11 is 0. The maximum Gasteiger partial charge on any atom is 0.326 e. The zero-order valence-corrected chi connectivity index (χ0v) is 11.4. The first kappa shape index (κ1) is 15.7. The topological polar surface area (TPSA) is 88.1 Å². The Bertz CT molecular complexity index is 310. The highest BCUT2D eigenvalue weighted by molar-refractivity contribution is 5.82. The monoisotopic (exact) mass is 274 g/mol. The summed E-state index contributed by atoms with van der Waals surface area (Å²) in [6.07, 6.45) is 1.11. The third kappa shape index (κ3) is 5.04.